The zero-order chi connectivity index (χ0) is 14.3. The molecule has 0 spiro atoms. The molecule has 0 heterocycles. The van der Waals surface area contributed by atoms with Gasteiger partial charge in [0.15, 0.2) is 0 Å². The molecule has 0 saturated heterocycles. The average Bonchev–Trinajstić information content (AvgIpc) is 2.49. The molecule has 0 atom stereocenters. The first-order valence-electron chi connectivity index (χ1n) is 6.73. The number of hydrogen-bond acceptors (Lipinski definition) is 3. The molecule has 4 nitrogen and oxygen atoms in total. The van der Waals surface area contributed by atoms with Crippen molar-refractivity contribution in [3.8, 4) is 5.75 Å². The molecule has 0 bridgehead atoms. The van der Waals surface area contributed by atoms with Crippen LogP contribution in [0.3, 0.4) is 0 Å². The van der Waals surface area contributed by atoms with E-state index >= 15 is 0 Å². The van der Waals surface area contributed by atoms with E-state index in [1.165, 1.54) is 0 Å². The van der Waals surface area contributed by atoms with E-state index in [2.05, 4.69) is 19.2 Å². The van der Waals surface area contributed by atoms with Gasteiger partial charge in [0, 0.05) is 6.54 Å². The van der Waals surface area contributed by atoms with Crippen molar-refractivity contribution < 1.29 is 9.53 Å². The maximum Gasteiger partial charge on any atom is 0.255 e. The summed E-state index contributed by atoms with van der Waals surface area (Å²) in [6, 6.07) is 7.21. The van der Waals surface area contributed by atoms with Crippen LogP contribution >= 0.6 is 0 Å². The molecule has 0 unspecified atom stereocenters. The van der Waals surface area contributed by atoms with Gasteiger partial charge in [-0.05, 0) is 36.9 Å². The molecular formula is C15H24N2O2. The maximum absolute atomic E-state index is 12.2. The van der Waals surface area contributed by atoms with Crippen LogP contribution in [-0.2, 0) is 0 Å². The van der Waals surface area contributed by atoms with E-state index in [0.29, 0.717) is 24.4 Å². The number of benzene rings is 1. The Morgan fingerprint density at radius 3 is 2.47 bits per heavy atom. The summed E-state index contributed by atoms with van der Waals surface area (Å²) in [6.45, 7) is 5.37. The van der Waals surface area contributed by atoms with Crippen LogP contribution < -0.4 is 15.8 Å². The Kier molecular flexibility index (Phi) is 5.83. The third-order valence-electron chi connectivity index (χ3n) is 3.91. The number of carbonyl (C=O) groups excluding carboxylic acids is 1. The molecule has 0 aliphatic rings. The third-order valence-corrected chi connectivity index (χ3v) is 3.91. The van der Waals surface area contributed by atoms with Crippen LogP contribution in [0.1, 0.15) is 37.0 Å². The quantitative estimate of drug-likeness (QED) is 0.793. The van der Waals surface area contributed by atoms with Gasteiger partial charge >= 0.3 is 0 Å². The SMILES string of the molecule is CCC(CC)(CN)CNC(=O)c1ccccc1OC. The summed E-state index contributed by atoms with van der Waals surface area (Å²) < 4.78 is 5.19. The highest BCUT2D eigenvalue weighted by molar-refractivity contribution is 5.96. The van der Waals surface area contributed by atoms with Gasteiger partial charge in [-0.3, -0.25) is 4.79 Å². The van der Waals surface area contributed by atoms with Gasteiger partial charge in [-0.2, -0.15) is 0 Å². The van der Waals surface area contributed by atoms with Crippen molar-refractivity contribution in [1.29, 1.82) is 0 Å². The number of nitrogens with two attached hydrogens (primary N) is 1. The number of rotatable bonds is 7. The zero-order valence-electron chi connectivity index (χ0n) is 12.0. The van der Waals surface area contributed by atoms with Gasteiger partial charge in [-0.25, -0.2) is 0 Å². The van der Waals surface area contributed by atoms with Crippen molar-refractivity contribution in [2.45, 2.75) is 26.7 Å². The standard InChI is InChI=1S/C15H24N2O2/c1-4-15(5-2,10-16)11-17-14(18)12-8-6-7-9-13(12)19-3/h6-9H,4-5,10-11,16H2,1-3H3,(H,17,18). The van der Waals surface area contributed by atoms with Crippen molar-refractivity contribution >= 4 is 5.91 Å². The molecule has 0 saturated carbocycles. The Balaban J connectivity index is 2.75. The number of methoxy groups -OCH3 is 1. The first-order chi connectivity index (χ1) is 9.12. The molecule has 1 amide bonds. The average molecular weight is 264 g/mol. The second-order valence-corrected chi connectivity index (χ2v) is 4.79. The predicted octanol–water partition coefficient (Wildman–Crippen LogP) is 2.19. The topological polar surface area (TPSA) is 64.3 Å². The van der Waals surface area contributed by atoms with Gasteiger partial charge in [0.1, 0.15) is 5.75 Å². The molecule has 19 heavy (non-hydrogen) atoms. The van der Waals surface area contributed by atoms with Crippen molar-refractivity contribution in [2.24, 2.45) is 11.1 Å². The molecular weight excluding hydrogens is 240 g/mol. The van der Waals surface area contributed by atoms with Gasteiger partial charge in [0.05, 0.1) is 12.7 Å². The number of ether oxygens (including phenoxy) is 1. The molecule has 0 aliphatic heterocycles. The van der Waals surface area contributed by atoms with E-state index < -0.39 is 0 Å². The Labute approximate surface area is 115 Å². The number of hydrogen-bond donors (Lipinski definition) is 2. The fourth-order valence-corrected chi connectivity index (χ4v) is 2.06. The van der Waals surface area contributed by atoms with E-state index in [1.54, 1.807) is 19.2 Å². The van der Waals surface area contributed by atoms with Gasteiger partial charge in [0.2, 0.25) is 0 Å². The lowest BCUT2D eigenvalue weighted by molar-refractivity contribution is 0.0925. The lowest BCUT2D eigenvalue weighted by Gasteiger charge is -2.30. The van der Waals surface area contributed by atoms with Crippen LogP contribution in [0.2, 0.25) is 0 Å². The second-order valence-electron chi connectivity index (χ2n) is 4.79. The first-order valence-corrected chi connectivity index (χ1v) is 6.73. The lowest BCUT2D eigenvalue weighted by Crippen LogP contribution is -2.41. The highest BCUT2D eigenvalue weighted by atomic mass is 16.5. The zero-order valence-corrected chi connectivity index (χ0v) is 12.0. The molecule has 0 fully saturated rings. The Hall–Kier alpha value is -1.55. The molecule has 1 aromatic carbocycles. The Morgan fingerprint density at radius 2 is 1.95 bits per heavy atom. The normalized spacial score (nSPS) is 11.2. The van der Waals surface area contributed by atoms with Crippen molar-refractivity contribution in [2.75, 3.05) is 20.2 Å². The maximum atomic E-state index is 12.2. The minimum atomic E-state index is -0.114. The lowest BCUT2D eigenvalue weighted by atomic mass is 9.82. The highest BCUT2D eigenvalue weighted by Crippen LogP contribution is 2.24. The predicted molar refractivity (Wildman–Crippen MR) is 77.4 cm³/mol. The Bertz CT molecular complexity index is 406. The summed E-state index contributed by atoms with van der Waals surface area (Å²) in [5.41, 5.74) is 6.38. The second kappa shape index (κ2) is 7.14. The fraction of sp³-hybridized carbons (Fsp3) is 0.533. The van der Waals surface area contributed by atoms with Gasteiger partial charge < -0.3 is 15.8 Å². The van der Waals surface area contributed by atoms with Crippen molar-refractivity contribution in [3.63, 3.8) is 0 Å². The number of para-hydroxylation sites is 1. The largest absolute Gasteiger partial charge is 0.496 e. The summed E-state index contributed by atoms with van der Waals surface area (Å²) in [7, 11) is 1.56. The van der Waals surface area contributed by atoms with E-state index in [0.717, 1.165) is 12.8 Å². The summed E-state index contributed by atoms with van der Waals surface area (Å²) in [6.07, 6.45) is 1.90. The monoisotopic (exact) mass is 264 g/mol. The van der Waals surface area contributed by atoms with E-state index in [9.17, 15) is 4.79 Å². The number of amides is 1. The van der Waals surface area contributed by atoms with E-state index in [4.69, 9.17) is 10.5 Å². The molecule has 0 aliphatic carbocycles. The van der Waals surface area contributed by atoms with Gasteiger partial charge in [0.25, 0.3) is 5.91 Å². The van der Waals surface area contributed by atoms with Crippen LogP contribution in [0, 0.1) is 5.41 Å². The third kappa shape index (κ3) is 3.70. The van der Waals surface area contributed by atoms with Crippen LogP contribution in [0.5, 0.6) is 5.75 Å². The molecule has 0 aromatic heterocycles. The molecule has 1 aromatic rings. The summed E-state index contributed by atoms with van der Waals surface area (Å²) >= 11 is 0. The number of carbonyl (C=O) groups is 1. The smallest absolute Gasteiger partial charge is 0.255 e. The fourth-order valence-electron chi connectivity index (χ4n) is 2.06. The van der Waals surface area contributed by atoms with E-state index in [-0.39, 0.29) is 11.3 Å². The van der Waals surface area contributed by atoms with Crippen LogP contribution in [-0.4, -0.2) is 26.1 Å². The Morgan fingerprint density at radius 1 is 1.32 bits per heavy atom. The van der Waals surface area contributed by atoms with Crippen LogP contribution in [0.25, 0.3) is 0 Å². The number of nitrogens with one attached hydrogen (secondary N) is 1. The molecule has 3 N–H and O–H groups in total. The summed E-state index contributed by atoms with van der Waals surface area (Å²) in [4.78, 5) is 12.2. The first kappa shape index (κ1) is 15.5. The molecule has 0 radical (unpaired) electrons. The highest BCUT2D eigenvalue weighted by Gasteiger charge is 2.25. The van der Waals surface area contributed by atoms with Crippen molar-refractivity contribution in [3.05, 3.63) is 29.8 Å². The molecule has 1 rings (SSSR count). The minimum Gasteiger partial charge on any atom is -0.496 e. The van der Waals surface area contributed by atoms with Crippen molar-refractivity contribution in [1.82, 2.24) is 5.32 Å². The summed E-state index contributed by atoms with van der Waals surface area (Å²) in [5.74, 6) is 0.475. The van der Waals surface area contributed by atoms with Crippen LogP contribution in [0.4, 0.5) is 0 Å². The summed E-state index contributed by atoms with van der Waals surface area (Å²) in [5, 5.41) is 2.97. The minimum absolute atomic E-state index is 0.0162. The van der Waals surface area contributed by atoms with Gasteiger partial charge in [-0.15, -0.1) is 0 Å². The molecule has 4 heteroatoms. The van der Waals surface area contributed by atoms with E-state index in [1.807, 2.05) is 12.1 Å². The van der Waals surface area contributed by atoms with Crippen LogP contribution in [0.15, 0.2) is 24.3 Å². The van der Waals surface area contributed by atoms with Gasteiger partial charge in [-0.1, -0.05) is 26.0 Å². The molecule has 106 valence electrons.